The van der Waals surface area contributed by atoms with Crippen molar-refractivity contribution in [3.8, 4) is 0 Å². The summed E-state index contributed by atoms with van der Waals surface area (Å²) in [4.78, 5) is 24.0. The number of nitrogens with two attached hydrogens (primary N) is 1. The first-order valence-electron chi connectivity index (χ1n) is 6.49. The van der Waals surface area contributed by atoms with Crippen molar-refractivity contribution in [2.45, 2.75) is 13.3 Å². The van der Waals surface area contributed by atoms with Crippen LogP contribution < -0.4 is 11.1 Å². The molecule has 1 aliphatic heterocycles. The van der Waals surface area contributed by atoms with Gasteiger partial charge in [-0.3, -0.25) is 9.59 Å². The third kappa shape index (κ3) is 2.45. The zero-order valence-corrected chi connectivity index (χ0v) is 13.0. The van der Waals surface area contributed by atoms with Crippen LogP contribution in [0.1, 0.15) is 27.0 Å². The van der Waals surface area contributed by atoms with E-state index in [1.807, 2.05) is 6.92 Å². The highest BCUT2D eigenvalue weighted by Crippen LogP contribution is 2.28. The van der Waals surface area contributed by atoms with Crippen LogP contribution in [-0.4, -0.2) is 11.7 Å². The van der Waals surface area contributed by atoms with Crippen LogP contribution in [0.5, 0.6) is 0 Å². The summed E-state index contributed by atoms with van der Waals surface area (Å²) in [5.41, 5.74) is 10.0. The molecule has 4 nitrogen and oxygen atoms in total. The Bertz CT molecular complexity index is 784. The van der Waals surface area contributed by atoms with Gasteiger partial charge >= 0.3 is 0 Å². The number of nitrogen functional groups attached to an aromatic ring is 1. The standard InChI is InChI=1S/C16H13BrN2O2/c1-8-12(6-11(17)7-13(8)18)16(21)9-2-3-14-10(4-9)5-15(20)19-14/h2-4,6-7H,5,18H2,1H3,(H,19,20). The predicted molar refractivity (Wildman–Crippen MR) is 85.5 cm³/mol. The summed E-state index contributed by atoms with van der Waals surface area (Å²) in [7, 11) is 0. The van der Waals surface area contributed by atoms with E-state index < -0.39 is 0 Å². The van der Waals surface area contributed by atoms with E-state index in [9.17, 15) is 9.59 Å². The van der Waals surface area contributed by atoms with Gasteiger partial charge in [0.05, 0.1) is 6.42 Å². The van der Waals surface area contributed by atoms with Crippen LogP contribution in [0.25, 0.3) is 0 Å². The van der Waals surface area contributed by atoms with E-state index in [-0.39, 0.29) is 11.7 Å². The largest absolute Gasteiger partial charge is 0.398 e. The molecule has 21 heavy (non-hydrogen) atoms. The van der Waals surface area contributed by atoms with E-state index in [0.29, 0.717) is 23.2 Å². The van der Waals surface area contributed by atoms with Crippen molar-refractivity contribution in [2.75, 3.05) is 11.1 Å². The molecule has 0 aromatic heterocycles. The average molecular weight is 345 g/mol. The number of nitrogens with one attached hydrogen (secondary N) is 1. The maximum Gasteiger partial charge on any atom is 0.228 e. The van der Waals surface area contributed by atoms with Crippen molar-refractivity contribution in [3.05, 3.63) is 57.1 Å². The second kappa shape index (κ2) is 5.00. The minimum absolute atomic E-state index is 0.0440. The molecule has 2 aromatic rings. The van der Waals surface area contributed by atoms with Crippen LogP contribution in [0.4, 0.5) is 11.4 Å². The van der Waals surface area contributed by atoms with Gasteiger partial charge in [-0.25, -0.2) is 0 Å². The maximum atomic E-state index is 12.7. The third-order valence-electron chi connectivity index (χ3n) is 3.65. The van der Waals surface area contributed by atoms with Crippen LogP contribution in [0.15, 0.2) is 34.8 Å². The molecule has 2 aromatic carbocycles. The average Bonchev–Trinajstić information content (AvgIpc) is 2.81. The van der Waals surface area contributed by atoms with Gasteiger partial charge in [-0.1, -0.05) is 15.9 Å². The van der Waals surface area contributed by atoms with E-state index in [2.05, 4.69) is 21.2 Å². The SMILES string of the molecule is Cc1c(N)cc(Br)cc1C(=O)c1ccc2c(c1)CC(=O)N2. The molecule has 0 unspecified atom stereocenters. The van der Waals surface area contributed by atoms with Crippen molar-refractivity contribution in [3.63, 3.8) is 0 Å². The van der Waals surface area contributed by atoms with Gasteiger partial charge in [0.15, 0.2) is 5.78 Å². The molecular weight excluding hydrogens is 332 g/mol. The van der Waals surface area contributed by atoms with Gasteiger partial charge in [0, 0.05) is 27.0 Å². The predicted octanol–water partition coefficient (Wildman–Crippen LogP) is 3.07. The van der Waals surface area contributed by atoms with Crippen molar-refractivity contribution in [1.82, 2.24) is 0 Å². The van der Waals surface area contributed by atoms with Crippen molar-refractivity contribution >= 4 is 39.0 Å². The number of halogens is 1. The highest BCUT2D eigenvalue weighted by Gasteiger charge is 2.20. The van der Waals surface area contributed by atoms with Crippen LogP contribution in [0.2, 0.25) is 0 Å². The van der Waals surface area contributed by atoms with E-state index in [0.717, 1.165) is 21.3 Å². The van der Waals surface area contributed by atoms with Crippen molar-refractivity contribution < 1.29 is 9.59 Å². The summed E-state index contributed by atoms with van der Waals surface area (Å²) in [5, 5.41) is 2.76. The zero-order chi connectivity index (χ0) is 15.1. The Morgan fingerprint density at radius 3 is 2.81 bits per heavy atom. The molecular formula is C16H13BrN2O2. The summed E-state index contributed by atoms with van der Waals surface area (Å²) < 4.78 is 0.770. The molecule has 0 fully saturated rings. The van der Waals surface area contributed by atoms with Crippen LogP contribution >= 0.6 is 15.9 Å². The lowest BCUT2D eigenvalue weighted by Crippen LogP contribution is -2.06. The Balaban J connectivity index is 2.04. The first-order chi connectivity index (χ1) is 9.95. The zero-order valence-electron chi connectivity index (χ0n) is 11.4. The fourth-order valence-corrected chi connectivity index (χ4v) is 2.94. The number of ketones is 1. The monoisotopic (exact) mass is 344 g/mol. The normalized spacial score (nSPS) is 13.0. The van der Waals surface area contributed by atoms with Gasteiger partial charge in [0.1, 0.15) is 0 Å². The summed E-state index contributed by atoms with van der Waals surface area (Å²) in [6.07, 6.45) is 0.316. The molecule has 106 valence electrons. The third-order valence-corrected chi connectivity index (χ3v) is 4.11. The second-order valence-electron chi connectivity index (χ2n) is 5.09. The minimum atomic E-state index is -0.0948. The van der Waals surface area contributed by atoms with E-state index in [4.69, 9.17) is 5.73 Å². The number of fused-ring (bicyclic) bond motifs is 1. The van der Waals surface area contributed by atoms with E-state index in [1.165, 1.54) is 0 Å². The number of anilines is 2. The molecule has 1 aliphatic rings. The fraction of sp³-hybridized carbons (Fsp3) is 0.125. The molecule has 3 N–H and O–H groups in total. The molecule has 0 saturated carbocycles. The molecule has 1 heterocycles. The number of hydrogen-bond donors (Lipinski definition) is 2. The molecule has 3 rings (SSSR count). The Morgan fingerprint density at radius 2 is 2.05 bits per heavy atom. The van der Waals surface area contributed by atoms with E-state index >= 15 is 0 Å². The number of hydrogen-bond acceptors (Lipinski definition) is 3. The van der Waals surface area contributed by atoms with Crippen LogP contribution in [0, 0.1) is 6.92 Å². The van der Waals surface area contributed by atoms with Crippen molar-refractivity contribution in [2.24, 2.45) is 0 Å². The number of carbonyl (C=O) groups is 2. The number of benzene rings is 2. The fourth-order valence-electron chi connectivity index (χ4n) is 2.46. The Kier molecular flexibility index (Phi) is 3.29. The van der Waals surface area contributed by atoms with Gasteiger partial charge in [0.25, 0.3) is 0 Å². The number of carbonyl (C=O) groups excluding carboxylic acids is 2. The van der Waals surface area contributed by atoms with Gasteiger partial charge in [0.2, 0.25) is 5.91 Å². The first-order valence-corrected chi connectivity index (χ1v) is 7.28. The maximum absolute atomic E-state index is 12.7. The topological polar surface area (TPSA) is 72.2 Å². The Hall–Kier alpha value is -2.14. The lowest BCUT2D eigenvalue weighted by atomic mass is 9.96. The van der Waals surface area contributed by atoms with Crippen LogP contribution in [0.3, 0.4) is 0 Å². The lowest BCUT2D eigenvalue weighted by molar-refractivity contribution is -0.115. The Labute approximate surface area is 130 Å². The first kappa shape index (κ1) is 13.8. The van der Waals surface area contributed by atoms with Gasteiger partial charge < -0.3 is 11.1 Å². The van der Waals surface area contributed by atoms with Crippen molar-refractivity contribution in [1.29, 1.82) is 0 Å². The highest BCUT2D eigenvalue weighted by molar-refractivity contribution is 9.10. The quantitative estimate of drug-likeness (QED) is 0.649. The molecule has 0 saturated heterocycles. The molecule has 1 amide bonds. The Morgan fingerprint density at radius 1 is 1.29 bits per heavy atom. The lowest BCUT2D eigenvalue weighted by Gasteiger charge is -2.10. The summed E-state index contributed by atoms with van der Waals surface area (Å²) in [5.74, 6) is -0.139. The molecule has 0 aliphatic carbocycles. The highest BCUT2D eigenvalue weighted by atomic mass is 79.9. The molecule has 0 spiro atoms. The van der Waals surface area contributed by atoms with Crippen LogP contribution in [-0.2, 0) is 11.2 Å². The summed E-state index contributed by atoms with van der Waals surface area (Å²) in [6, 6.07) is 8.81. The second-order valence-corrected chi connectivity index (χ2v) is 6.01. The minimum Gasteiger partial charge on any atom is -0.398 e. The molecule has 0 radical (unpaired) electrons. The van der Waals surface area contributed by atoms with Gasteiger partial charge in [-0.2, -0.15) is 0 Å². The van der Waals surface area contributed by atoms with E-state index in [1.54, 1.807) is 30.3 Å². The summed E-state index contributed by atoms with van der Waals surface area (Å²) in [6.45, 7) is 1.83. The summed E-state index contributed by atoms with van der Waals surface area (Å²) >= 11 is 3.36. The number of rotatable bonds is 2. The molecule has 0 atom stereocenters. The molecule has 5 heteroatoms. The number of amides is 1. The van der Waals surface area contributed by atoms with Gasteiger partial charge in [-0.15, -0.1) is 0 Å². The molecule has 0 bridgehead atoms. The smallest absolute Gasteiger partial charge is 0.228 e. The van der Waals surface area contributed by atoms with Gasteiger partial charge in [-0.05, 0) is 48.4 Å².